The molecule has 0 aromatic rings. The Morgan fingerprint density at radius 1 is 0.900 bits per heavy atom. The number of rotatable bonds is 18. The van der Waals surface area contributed by atoms with Gasteiger partial charge in [0.2, 0.25) is 5.91 Å². The number of phosphoric acid groups is 1. The van der Waals surface area contributed by atoms with Gasteiger partial charge in [0.25, 0.3) is 0 Å². The largest absolute Gasteiger partial charge is 0.480 e. The van der Waals surface area contributed by atoms with Crippen molar-refractivity contribution < 1.29 is 23.1 Å². The number of hydrogen-bond acceptors (Lipinski definition) is 4. The maximum absolute atomic E-state index is 11.5. The van der Waals surface area contributed by atoms with E-state index in [-0.39, 0.29) is 18.2 Å². The summed E-state index contributed by atoms with van der Waals surface area (Å²) in [7, 11) is -4.47. The molecule has 0 rings (SSSR count). The van der Waals surface area contributed by atoms with E-state index in [2.05, 4.69) is 28.4 Å². The quantitative estimate of drug-likeness (QED) is 0.0794. The molecule has 0 heterocycles. The summed E-state index contributed by atoms with van der Waals surface area (Å²) >= 11 is 0.617. The fourth-order valence-corrected chi connectivity index (χ4v) is 3.34. The molecule has 0 aliphatic carbocycles. The third-order valence-electron chi connectivity index (χ3n) is 3.77. The van der Waals surface area contributed by atoms with Crippen LogP contribution >= 0.6 is 19.9 Å². The predicted molar refractivity (Wildman–Crippen MR) is 127 cm³/mol. The molecular formula is C22H36NO5PS. The van der Waals surface area contributed by atoms with Crippen molar-refractivity contribution in [2.75, 3.05) is 12.3 Å². The first-order valence-electron chi connectivity index (χ1n) is 10.4. The Bertz CT molecular complexity index is 623. The third-order valence-corrected chi connectivity index (χ3v) is 5.34. The Kier molecular flexibility index (Phi) is 19.9. The molecule has 30 heavy (non-hydrogen) atoms. The first-order valence-corrected chi connectivity index (χ1v) is 12.9. The number of nitrogens with one attached hydrogen (secondary N) is 1. The average molecular weight is 458 g/mol. The number of unbranched alkanes of at least 4 members (excludes halogenated alkanes) is 7. The van der Waals surface area contributed by atoms with Gasteiger partial charge in [0.1, 0.15) is 0 Å². The SMILES string of the molecule is CCCCCCCCC\C=C/C=C\C=C/C=C\C=C\C(=O)NCCSOP(=O)(O)O. The van der Waals surface area contributed by atoms with Crippen LogP contribution in [0.2, 0.25) is 0 Å². The predicted octanol–water partition coefficient (Wildman–Crippen LogP) is 5.78. The van der Waals surface area contributed by atoms with Gasteiger partial charge in [-0.05, 0) is 12.8 Å². The monoisotopic (exact) mass is 457 g/mol. The summed E-state index contributed by atoms with van der Waals surface area (Å²) in [4.78, 5) is 28.5. The van der Waals surface area contributed by atoms with Gasteiger partial charge in [0.15, 0.2) is 0 Å². The van der Waals surface area contributed by atoms with E-state index < -0.39 is 7.82 Å². The molecular weight excluding hydrogens is 421 g/mol. The maximum atomic E-state index is 11.5. The molecule has 0 spiro atoms. The molecule has 0 aliphatic heterocycles. The number of amides is 1. The van der Waals surface area contributed by atoms with E-state index in [4.69, 9.17) is 9.79 Å². The number of carbonyl (C=O) groups is 1. The van der Waals surface area contributed by atoms with Gasteiger partial charge in [-0.25, -0.2) is 8.54 Å². The summed E-state index contributed by atoms with van der Waals surface area (Å²) < 4.78 is 14.6. The molecule has 1 amide bonds. The van der Waals surface area contributed by atoms with E-state index in [1.165, 1.54) is 51.0 Å². The molecule has 0 radical (unpaired) electrons. The van der Waals surface area contributed by atoms with E-state index in [0.717, 1.165) is 6.42 Å². The van der Waals surface area contributed by atoms with Gasteiger partial charge in [-0.1, -0.05) is 100 Å². The lowest BCUT2D eigenvalue weighted by atomic mass is 10.1. The highest BCUT2D eigenvalue weighted by Gasteiger charge is 2.13. The van der Waals surface area contributed by atoms with Crippen LogP contribution in [0.5, 0.6) is 0 Å². The Balaban J connectivity index is 3.67. The van der Waals surface area contributed by atoms with Gasteiger partial charge >= 0.3 is 7.82 Å². The van der Waals surface area contributed by atoms with Gasteiger partial charge in [-0.15, -0.1) is 0 Å². The van der Waals surface area contributed by atoms with Crippen molar-refractivity contribution >= 4 is 25.8 Å². The fraction of sp³-hybridized carbons (Fsp3) is 0.500. The molecule has 0 aromatic carbocycles. The topological polar surface area (TPSA) is 95.9 Å². The molecule has 0 saturated heterocycles. The number of hydrogen-bond donors (Lipinski definition) is 3. The van der Waals surface area contributed by atoms with Crippen LogP contribution in [-0.4, -0.2) is 28.0 Å². The third kappa shape index (κ3) is 24.7. The first-order chi connectivity index (χ1) is 14.5. The number of carbonyl (C=O) groups excluding carboxylic acids is 1. The lowest BCUT2D eigenvalue weighted by molar-refractivity contribution is -0.116. The van der Waals surface area contributed by atoms with E-state index in [0.29, 0.717) is 12.0 Å². The van der Waals surface area contributed by atoms with Crippen LogP contribution < -0.4 is 5.32 Å². The van der Waals surface area contributed by atoms with Crippen LogP contribution in [0.15, 0.2) is 60.8 Å². The smallest absolute Gasteiger partial charge is 0.352 e. The summed E-state index contributed by atoms with van der Waals surface area (Å²) in [6, 6.07) is 0. The minimum absolute atomic E-state index is 0.239. The molecule has 6 nitrogen and oxygen atoms in total. The van der Waals surface area contributed by atoms with E-state index >= 15 is 0 Å². The van der Waals surface area contributed by atoms with Crippen molar-refractivity contribution in [3.8, 4) is 0 Å². The molecule has 0 bridgehead atoms. The Morgan fingerprint density at radius 2 is 1.47 bits per heavy atom. The van der Waals surface area contributed by atoms with Crippen LogP contribution in [0.3, 0.4) is 0 Å². The normalized spacial score (nSPS) is 13.0. The molecule has 0 aliphatic rings. The molecule has 170 valence electrons. The highest BCUT2D eigenvalue weighted by Crippen LogP contribution is 2.40. The van der Waals surface area contributed by atoms with Crippen molar-refractivity contribution in [1.29, 1.82) is 0 Å². The molecule has 0 aromatic heterocycles. The van der Waals surface area contributed by atoms with Crippen LogP contribution in [-0.2, 0) is 13.3 Å². The summed E-state index contributed by atoms with van der Waals surface area (Å²) in [5.41, 5.74) is 0. The van der Waals surface area contributed by atoms with Crippen molar-refractivity contribution in [2.45, 2.75) is 58.3 Å². The molecule has 0 atom stereocenters. The van der Waals surface area contributed by atoms with Crippen LogP contribution in [0.1, 0.15) is 58.3 Å². The van der Waals surface area contributed by atoms with Crippen LogP contribution in [0.25, 0.3) is 0 Å². The van der Waals surface area contributed by atoms with Crippen LogP contribution in [0, 0.1) is 0 Å². The average Bonchev–Trinajstić information content (AvgIpc) is 2.69. The zero-order chi connectivity index (χ0) is 22.3. The van der Waals surface area contributed by atoms with Gasteiger partial charge in [0, 0.05) is 30.4 Å². The molecule has 0 fully saturated rings. The van der Waals surface area contributed by atoms with Gasteiger partial charge in [-0.2, -0.15) is 0 Å². The van der Waals surface area contributed by atoms with Gasteiger partial charge in [-0.3, -0.25) is 4.79 Å². The van der Waals surface area contributed by atoms with Crippen molar-refractivity contribution in [3.05, 3.63) is 60.8 Å². The maximum Gasteiger partial charge on any atom is 0.480 e. The van der Waals surface area contributed by atoms with Crippen molar-refractivity contribution in [3.63, 3.8) is 0 Å². The zero-order valence-corrected chi connectivity index (χ0v) is 19.5. The Labute approximate surface area is 185 Å². The Hall–Kier alpha value is -1.37. The van der Waals surface area contributed by atoms with Crippen LogP contribution in [0.4, 0.5) is 0 Å². The zero-order valence-electron chi connectivity index (χ0n) is 17.8. The summed E-state index contributed by atoms with van der Waals surface area (Å²) in [6.07, 6.45) is 29.0. The van der Waals surface area contributed by atoms with Gasteiger partial charge in [0.05, 0.1) is 0 Å². The van der Waals surface area contributed by atoms with E-state index in [9.17, 15) is 9.36 Å². The minimum Gasteiger partial charge on any atom is -0.352 e. The van der Waals surface area contributed by atoms with Gasteiger partial charge < -0.3 is 15.1 Å². The second-order valence-corrected chi connectivity index (χ2v) is 8.75. The van der Waals surface area contributed by atoms with Crippen molar-refractivity contribution in [1.82, 2.24) is 5.32 Å². The van der Waals surface area contributed by atoms with E-state index in [1.54, 1.807) is 12.2 Å². The fourth-order valence-electron chi connectivity index (χ4n) is 2.30. The second kappa shape index (κ2) is 20.9. The number of allylic oxidation sites excluding steroid dienone is 9. The Morgan fingerprint density at radius 3 is 2.10 bits per heavy atom. The second-order valence-electron chi connectivity index (χ2n) is 6.53. The lowest BCUT2D eigenvalue weighted by Crippen LogP contribution is -2.23. The lowest BCUT2D eigenvalue weighted by Gasteiger charge is -2.03. The standard InChI is InChI=1S/C22H36NO5PS/c1-2-3-4-5-6-7-8-9-10-11-12-13-14-15-16-17-18-19-22(24)23-20-21-30-28-29(25,26)27/h10-19H,2-9,20-21H2,1H3,(H,23,24)(H2,25,26,27)/b11-10-,13-12-,15-14-,17-16-,19-18+. The summed E-state index contributed by atoms with van der Waals surface area (Å²) in [5, 5.41) is 2.57. The highest BCUT2D eigenvalue weighted by atomic mass is 32.2. The van der Waals surface area contributed by atoms with Crippen molar-refractivity contribution in [2.24, 2.45) is 0 Å². The first kappa shape index (κ1) is 28.6. The molecule has 8 heteroatoms. The minimum atomic E-state index is -4.47. The van der Waals surface area contributed by atoms with E-state index in [1.807, 2.05) is 30.4 Å². The molecule has 0 saturated carbocycles. The summed E-state index contributed by atoms with van der Waals surface area (Å²) in [5.74, 6) is -0.0466. The molecule has 3 N–H and O–H groups in total. The highest BCUT2D eigenvalue weighted by molar-refractivity contribution is 7.97. The summed E-state index contributed by atoms with van der Waals surface area (Å²) in [6.45, 7) is 2.49. The molecule has 0 unspecified atom stereocenters.